The minimum atomic E-state index is -1.14. The van der Waals surface area contributed by atoms with Crippen LogP contribution in [0.15, 0.2) is 23.1 Å². The number of alkyl halides is 1. The molecule has 1 unspecified atom stereocenters. The molecule has 0 amide bonds. The topological polar surface area (TPSA) is 54.4 Å². The molecule has 0 aromatic heterocycles. The molecule has 1 atom stereocenters. The summed E-state index contributed by atoms with van der Waals surface area (Å²) in [5, 5.41) is 8.96. The van der Waals surface area contributed by atoms with Crippen LogP contribution in [0.2, 0.25) is 0 Å². The Kier molecular flexibility index (Phi) is 3.93. The van der Waals surface area contributed by atoms with Gasteiger partial charge in [0, 0.05) is 10.5 Å². The van der Waals surface area contributed by atoms with Gasteiger partial charge in [-0.15, -0.1) is 12.6 Å². The number of hydrogen-bond donors (Lipinski definition) is 2. The monoisotopic (exact) mass is 288 g/mol. The Morgan fingerprint density at radius 3 is 2.53 bits per heavy atom. The minimum Gasteiger partial charge on any atom is -0.478 e. The predicted molar refractivity (Wildman–Crippen MR) is 63.4 cm³/mol. The van der Waals surface area contributed by atoms with Gasteiger partial charge in [-0.3, -0.25) is 4.79 Å². The van der Waals surface area contributed by atoms with Gasteiger partial charge in [-0.25, -0.2) is 4.79 Å². The fourth-order valence-electron chi connectivity index (χ4n) is 1.18. The number of hydrogen-bond acceptors (Lipinski definition) is 3. The Morgan fingerprint density at radius 1 is 1.47 bits per heavy atom. The average molecular weight is 289 g/mol. The SMILES string of the molecule is CC(Br)C(=O)c1cccc(S)c1C(=O)O. The van der Waals surface area contributed by atoms with Crippen molar-refractivity contribution in [3.8, 4) is 0 Å². The molecule has 0 saturated heterocycles. The van der Waals surface area contributed by atoms with Crippen LogP contribution in [0.4, 0.5) is 0 Å². The van der Waals surface area contributed by atoms with Crippen molar-refractivity contribution >= 4 is 40.3 Å². The van der Waals surface area contributed by atoms with Crippen LogP contribution < -0.4 is 0 Å². The lowest BCUT2D eigenvalue weighted by molar-refractivity contribution is 0.0688. The van der Waals surface area contributed by atoms with Crippen LogP contribution in [0.3, 0.4) is 0 Å². The molecule has 0 spiro atoms. The minimum absolute atomic E-state index is 0.0443. The van der Waals surface area contributed by atoms with Crippen molar-refractivity contribution in [3.05, 3.63) is 29.3 Å². The van der Waals surface area contributed by atoms with Crippen LogP contribution in [-0.4, -0.2) is 21.7 Å². The first-order valence-electron chi connectivity index (χ1n) is 4.18. The maximum atomic E-state index is 11.7. The number of carboxylic acid groups (broad SMARTS) is 1. The number of carbonyl (C=O) groups is 2. The smallest absolute Gasteiger partial charge is 0.337 e. The van der Waals surface area contributed by atoms with Gasteiger partial charge in [0.05, 0.1) is 10.4 Å². The largest absolute Gasteiger partial charge is 0.478 e. The number of benzene rings is 1. The number of carboxylic acids is 1. The summed E-state index contributed by atoms with van der Waals surface area (Å²) in [4.78, 5) is 22.5. The molecule has 0 aliphatic carbocycles. The van der Waals surface area contributed by atoms with Gasteiger partial charge < -0.3 is 5.11 Å². The molecule has 1 rings (SSSR count). The van der Waals surface area contributed by atoms with Crippen molar-refractivity contribution in [3.63, 3.8) is 0 Å². The zero-order chi connectivity index (χ0) is 11.6. The number of thiol groups is 1. The number of Topliss-reactive ketones (excluding diaryl/α,β-unsaturated/α-hetero) is 1. The summed E-state index contributed by atoms with van der Waals surface area (Å²) in [5.41, 5.74) is 0.136. The van der Waals surface area contributed by atoms with Crippen LogP contribution in [0.1, 0.15) is 27.6 Å². The Bertz CT molecular complexity index is 415. The molecule has 0 aliphatic rings. The normalized spacial score (nSPS) is 12.2. The Labute approximate surface area is 101 Å². The summed E-state index contributed by atoms with van der Waals surface area (Å²) >= 11 is 7.14. The highest BCUT2D eigenvalue weighted by Crippen LogP contribution is 2.21. The highest BCUT2D eigenvalue weighted by atomic mass is 79.9. The zero-order valence-electron chi connectivity index (χ0n) is 7.90. The fourth-order valence-corrected chi connectivity index (χ4v) is 1.73. The van der Waals surface area contributed by atoms with Crippen LogP contribution in [0.25, 0.3) is 0 Å². The van der Waals surface area contributed by atoms with Gasteiger partial charge in [-0.2, -0.15) is 0 Å². The lowest BCUT2D eigenvalue weighted by Gasteiger charge is -2.08. The molecule has 5 heteroatoms. The second kappa shape index (κ2) is 4.81. The third-order valence-electron chi connectivity index (χ3n) is 1.88. The predicted octanol–water partition coefficient (Wildman–Crippen LogP) is 2.64. The average Bonchev–Trinajstić information content (AvgIpc) is 2.15. The molecule has 0 fully saturated rings. The molecule has 1 aromatic rings. The van der Waals surface area contributed by atoms with Gasteiger partial charge >= 0.3 is 5.97 Å². The first-order chi connectivity index (χ1) is 6.95. The van der Waals surface area contributed by atoms with E-state index in [1.54, 1.807) is 19.1 Å². The molecule has 3 nitrogen and oxygen atoms in total. The fraction of sp³-hybridized carbons (Fsp3) is 0.200. The van der Waals surface area contributed by atoms with Crippen molar-refractivity contribution < 1.29 is 14.7 Å². The van der Waals surface area contributed by atoms with Crippen LogP contribution in [0, 0.1) is 0 Å². The molecule has 1 aromatic carbocycles. The first-order valence-corrected chi connectivity index (χ1v) is 5.55. The molecule has 0 heterocycles. The van der Waals surface area contributed by atoms with Crippen LogP contribution in [0.5, 0.6) is 0 Å². The number of halogens is 1. The lowest BCUT2D eigenvalue weighted by Crippen LogP contribution is -2.15. The first kappa shape index (κ1) is 12.3. The Balaban J connectivity index is 3.35. The maximum absolute atomic E-state index is 11.7. The summed E-state index contributed by atoms with van der Waals surface area (Å²) in [6, 6.07) is 4.64. The van der Waals surface area contributed by atoms with E-state index >= 15 is 0 Å². The number of aromatic carboxylic acids is 1. The zero-order valence-corrected chi connectivity index (χ0v) is 10.4. The molecule has 1 N–H and O–H groups in total. The van der Waals surface area contributed by atoms with E-state index in [9.17, 15) is 9.59 Å². The quantitative estimate of drug-likeness (QED) is 0.511. The van der Waals surface area contributed by atoms with Gasteiger partial charge in [0.2, 0.25) is 0 Å². The Hall–Kier alpha value is -0.810. The summed E-state index contributed by atoms with van der Waals surface area (Å²) < 4.78 is 0. The van der Waals surface area contributed by atoms with E-state index in [0.29, 0.717) is 4.90 Å². The van der Waals surface area contributed by atoms with Crippen molar-refractivity contribution in [1.82, 2.24) is 0 Å². The maximum Gasteiger partial charge on any atom is 0.337 e. The van der Waals surface area contributed by atoms with E-state index in [1.165, 1.54) is 6.07 Å². The van der Waals surface area contributed by atoms with Gasteiger partial charge in [0.25, 0.3) is 0 Å². The number of ketones is 1. The molecule has 0 aliphatic heterocycles. The van der Waals surface area contributed by atoms with Crippen LogP contribution in [-0.2, 0) is 0 Å². The second-order valence-electron chi connectivity index (χ2n) is 2.99. The van der Waals surface area contributed by atoms with Gasteiger partial charge in [0.15, 0.2) is 5.78 Å². The Morgan fingerprint density at radius 2 is 2.07 bits per heavy atom. The third-order valence-corrected chi connectivity index (χ3v) is 2.67. The van der Waals surface area contributed by atoms with Gasteiger partial charge in [-0.1, -0.05) is 28.1 Å². The van der Waals surface area contributed by atoms with E-state index in [-0.39, 0.29) is 16.9 Å². The van der Waals surface area contributed by atoms with Gasteiger partial charge in [0.1, 0.15) is 0 Å². The second-order valence-corrected chi connectivity index (χ2v) is 4.84. The number of carbonyl (C=O) groups excluding carboxylic acids is 1. The van der Waals surface area contributed by atoms with Crippen molar-refractivity contribution in [2.24, 2.45) is 0 Å². The van der Waals surface area contributed by atoms with E-state index in [4.69, 9.17) is 5.11 Å². The summed E-state index contributed by atoms with van der Waals surface area (Å²) in [6.45, 7) is 1.65. The van der Waals surface area contributed by atoms with E-state index in [1.807, 2.05) is 0 Å². The van der Waals surface area contributed by atoms with Crippen molar-refractivity contribution in [2.45, 2.75) is 16.6 Å². The standard InChI is InChI=1S/C10H9BrO3S/c1-5(11)9(12)6-3-2-4-7(15)8(6)10(13)14/h2-5,15H,1H3,(H,13,14). The molecule has 0 bridgehead atoms. The van der Waals surface area contributed by atoms with Crippen molar-refractivity contribution in [1.29, 1.82) is 0 Å². The molecular weight excluding hydrogens is 280 g/mol. The molecular formula is C10H9BrO3S. The lowest BCUT2D eigenvalue weighted by atomic mass is 10.0. The molecule has 0 radical (unpaired) electrons. The molecule has 0 saturated carbocycles. The van der Waals surface area contributed by atoms with E-state index in [0.717, 1.165) is 0 Å². The highest BCUT2D eigenvalue weighted by Gasteiger charge is 2.21. The highest BCUT2D eigenvalue weighted by molar-refractivity contribution is 9.10. The van der Waals surface area contributed by atoms with E-state index < -0.39 is 10.8 Å². The van der Waals surface area contributed by atoms with E-state index in [2.05, 4.69) is 28.6 Å². The summed E-state index contributed by atoms with van der Waals surface area (Å²) in [7, 11) is 0. The summed E-state index contributed by atoms with van der Waals surface area (Å²) in [6.07, 6.45) is 0. The summed E-state index contributed by atoms with van der Waals surface area (Å²) in [5.74, 6) is -1.40. The van der Waals surface area contributed by atoms with Gasteiger partial charge in [-0.05, 0) is 13.0 Å². The third kappa shape index (κ3) is 2.60. The number of rotatable bonds is 3. The molecule has 15 heavy (non-hydrogen) atoms. The molecule has 80 valence electrons. The van der Waals surface area contributed by atoms with Crippen LogP contribution >= 0.6 is 28.6 Å². The van der Waals surface area contributed by atoms with Crippen molar-refractivity contribution in [2.75, 3.05) is 0 Å².